The first-order valence-corrected chi connectivity index (χ1v) is 7.41. The number of amides is 1. The number of allylic oxidation sites excluding steroid dienone is 3. The van der Waals surface area contributed by atoms with Gasteiger partial charge in [0.05, 0.1) is 5.69 Å². The third kappa shape index (κ3) is 3.67. The van der Waals surface area contributed by atoms with Gasteiger partial charge in [-0.1, -0.05) is 0 Å². The van der Waals surface area contributed by atoms with Crippen molar-refractivity contribution < 1.29 is 22.7 Å². The van der Waals surface area contributed by atoms with E-state index in [9.17, 15) is 18.0 Å². The zero-order valence-electron chi connectivity index (χ0n) is 13.2. The lowest BCUT2D eigenvalue weighted by Gasteiger charge is -2.23. The maximum Gasteiger partial charge on any atom is 0.281 e. The van der Waals surface area contributed by atoms with E-state index in [1.165, 1.54) is 41.4 Å². The number of carbonyl (C=O) groups excluding carboxylic acids is 1. The minimum Gasteiger partial charge on any atom is -0.471 e. The van der Waals surface area contributed by atoms with Gasteiger partial charge in [-0.05, 0) is 30.3 Å². The van der Waals surface area contributed by atoms with Crippen LogP contribution in [0.5, 0.6) is 0 Å². The molecule has 1 aromatic rings. The Hall–Kier alpha value is -3.34. The van der Waals surface area contributed by atoms with E-state index in [1.807, 2.05) is 0 Å². The van der Waals surface area contributed by atoms with Crippen LogP contribution in [0.3, 0.4) is 0 Å². The van der Waals surface area contributed by atoms with Crippen LogP contribution >= 0.6 is 0 Å². The summed E-state index contributed by atoms with van der Waals surface area (Å²) in [4.78, 5) is 11.0. The summed E-state index contributed by atoms with van der Waals surface area (Å²) in [5.74, 6) is -0.916. The quantitative estimate of drug-likeness (QED) is 0.497. The number of ether oxygens (including phenoxy) is 1. The third-order valence-corrected chi connectivity index (χ3v) is 3.54. The minimum atomic E-state index is -2.78. The molecule has 138 valence electrons. The number of nitrogens with two attached hydrogens (primary N) is 1. The molecule has 11 heteroatoms. The number of halogens is 3. The summed E-state index contributed by atoms with van der Waals surface area (Å²) in [6.07, 6.45) is 0.0378. The highest BCUT2D eigenvalue weighted by atomic mass is 19.3. The molecular weight excluding hydrogens is 353 g/mol. The van der Waals surface area contributed by atoms with Crippen molar-refractivity contribution in [1.82, 2.24) is 21.8 Å². The summed E-state index contributed by atoms with van der Waals surface area (Å²) < 4.78 is 45.0. The average Bonchev–Trinajstić information content (AvgIpc) is 3.05. The normalized spacial score (nSPS) is 16.5. The average molecular weight is 368 g/mol. The molecule has 8 nitrogen and oxygen atoms in total. The number of primary amides is 1. The van der Waals surface area contributed by atoms with Gasteiger partial charge in [0.1, 0.15) is 29.5 Å². The van der Waals surface area contributed by atoms with Crippen LogP contribution in [0, 0.1) is 5.82 Å². The molecule has 0 fully saturated rings. The summed E-state index contributed by atoms with van der Waals surface area (Å²) in [6.45, 7) is -0.239. The molecule has 3 rings (SSSR count). The van der Waals surface area contributed by atoms with Crippen molar-refractivity contribution >= 4 is 11.6 Å². The number of anilines is 1. The SMILES string of the molecule is NC(=O)C1=CC=C(OCC2=C(C(F)F)NNN2c2ccc(F)cc2)NN1. The molecule has 6 N–H and O–H groups in total. The summed E-state index contributed by atoms with van der Waals surface area (Å²) >= 11 is 0. The molecular formula is C15H15F3N6O2. The largest absolute Gasteiger partial charge is 0.471 e. The Morgan fingerprint density at radius 3 is 2.46 bits per heavy atom. The van der Waals surface area contributed by atoms with E-state index in [2.05, 4.69) is 21.8 Å². The van der Waals surface area contributed by atoms with Crippen LogP contribution in [0.4, 0.5) is 18.9 Å². The Balaban J connectivity index is 1.77. The molecule has 0 bridgehead atoms. The first-order valence-electron chi connectivity index (χ1n) is 7.41. The van der Waals surface area contributed by atoms with Crippen LogP contribution in [0.25, 0.3) is 0 Å². The Kier molecular flexibility index (Phi) is 4.89. The number of nitrogens with zero attached hydrogens (tertiary/aromatic N) is 1. The zero-order chi connectivity index (χ0) is 18.7. The van der Waals surface area contributed by atoms with Crippen LogP contribution in [0.1, 0.15) is 0 Å². The van der Waals surface area contributed by atoms with Gasteiger partial charge in [-0.3, -0.25) is 20.7 Å². The van der Waals surface area contributed by atoms with Gasteiger partial charge < -0.3 is 15.9 Å². The lowest BCUT2D eigenvalue weighted by molar-refractivity contribution is -0.115. The monoisotopic (exact) mass is 368 g/mol. The second kappa shape index (κ2) is 7.27. The number of hydrogen-bond acceptors (Lipinski definition) is 7. The van der Waals surface area contributed by atoms with Gasteiger partial charge in [0.25, 0.3) is 12.3 Å². The maximum atomic E-state index is 13.2. The molecule has 2 aliphatic rings. The summed E-state index contributed by atoms with van der Waals surface area (Å²) in [5, 5.41) is 1.32. The Labute approximate surface area is 146 Å². The molecule has 0 saturated carbocycles. The fourth-order valence-corrected chi connectivity index (χ4v) is 2.25. The molecule has 0 aromatic heterocycles. The number of hydrazine groups is 3. The van der Waals surface area contributed by atoms with Crippen LogP contribution in [0.2, 0.25) is 0 Å². The number of alkyl halides is 2. The summed E-state index contributed by atoms with van der Waals surface area (Å²) in [6, 6.07) is 5.28. The Morgan fingerprint density at radius 2 is 1.88 bits per heavy atom. The van der Waals surface area contributed by atoms with Gasteiger partial charge in [-0.15, -0.1) is 5.53 Å². The van der Waals surface area contributed by atoms with Crippen LogP contribution < -0.4 is 32.6 Å². The molecule has 0 unspecified atom stereocenters. The van der Waals surface area contributed by atoms with Gasteiger partial charge in [0.15, 0.2) is 0 Å². The van der Waals surface area contributed by atoms with Gasteiger partial charge >= 0.3 is 0 Å². The standard InChI is InChI=1S/C15H15F3N6O2/c16-8-1-3-9(4-2-8)24-11(13(14(17)18)22-23-24)7-26-12-6-5-10(15(19)25)20-21-12/h1-6,14,20-23H,7H2,(H2,19,25). The van der Waals surface area contributed by atoms with Crippen LogP contribution in [0.15, 0.2) is 59.4 Å². The minimum absolute atomic E-state index is 0.110. The summed E-state index contributed by atoms with van der Waals surface area (Å²) in [7, 11) is 0. The van der Waals surface area contributed by atoms with Crippen LogP contribution in [-0.4, -0.2) is 18.9 Å². The van der Waals surface area contributed by atoms with Gasteiger partial charge in [0.2, 0.25) is 5.88 Å². The van der Waals surface area contributed by atoms with Crippen molar-refractivity contribution in [1.29, 1.82) is 0 Å². The molecule has 2 heterocycles. The molecule has 1 aromatic carbocycles. The van der Waals surface area contributed by atoms with Crippen molar-refractivity contribution in [2.45, 2.75) is 6.43 Å². The number of carbonyl (C=O) groups is 1. The fourth-order valence-electron chi connectivity index (χ4n) is 2.25. The Bertz CT molecular complexity index is 791. The first kappa shape index (κ1) is 17.5. The van der Waals surface area contributed by atoms with Crippen molar-refractivity contribution in [2.24, 2.45) is 5.73 Å². The van der Waals surface area contributed by atoms with Crippen molar-refractivity contribution in [3.63, 3.8) is 0 Å². The summed E-state index contributed by atoms with van der Waals surface area (Å²) in [5.41, 5.74) is 15.5. The van der Waals surface area contributed by atoms with E-state index in [4.69, 9.17) is 10.5 Å². The molecule has 0 atom stereocenters. The molecule has 0 radical (unpaired) electrons. The van der Waals surface area contributed by atoms with E-state index >= 15 is 0 Å². The molecule has 0 saturated heterocycles. The third-order valence-electron chi connectivity index (χ3n) is 3.54. The molecule has 0 aliphatic carbocycles. The molecule has 1 amide bonds. The van der Waals surface area contributed by atoms with E-state index < -0.39 is 18.1 Å². The molecule has 2 aliphatic heterocycles. The number of hydrogen-bond donors (Lipinski definition) is 5. The van der Waals surface area contributed by atoms with Gasteiger partial charge in [-0.2, -0.15) is 0 Å². The second-order valence-corrected chi connectivity index (χ2v) is 5.22. The Morgan fingerprint density at radius 1 is 1.15 bits per heavy atom. The van der Waals surface area contributed by atoms with Gasteiger partial charge in [0, 0.05) is 6.08 Å². The fraction of sp³-hybridized carbons (Fsp3) is 0.133. The van der Waals surface area contributed by atoms with Gasteiger partial charge in [-0.25, -0.2) is 13.2 Å². The van der Waals surface area contributed by atoms with E-state index in [-0.39, 0.29) is 29.6 Å². The highest BCUT2D eigenvalue weighted by molar-refractivity contribution is 5.91. The second-order valence-electron chi connectivity index (χ2n) is 5.22. The number of nitrogens with one attached hydrogen (secondary N) is 4. The lowest BCUT2D eigenvalue weighted by Crippen LogP contribution is -2.40. The highest BCUT2D eigenvalue weighted by Crippen LogP contribution is 2.25. The van der Waals surface area contributed by atoms with Crippen molar-refractivity contribution in [3.05, 3.63) is 65.2 Å². The van der Waals surface area contributed by atoms with Crippen molar-refractivity contribution in [2.75, 3.05) is 11.6 Å². The van der Waals surface area contributed by atoms with Crippen LogP contribution in [-0.2, 0) is 9.53 Å². The van der Waals surface area contributed by atoms with E-state index in [0.29, 0.717) is 5.69 Å². The van der Waals surface area contributed by atoms with E-state index in [0.717, 1.165) is 0 Å². The zero-order valence-corrected chi connectivity index (χ0v) is 13.2. The predicted octanol–water partition coefficient (Wildman–Crippen LogP) is 0.467. The topological polar surface area (TPSA) is 104 Å². The number of benzene rings is 1. The number of rotatable bonds is 6. The predicted molar refractivity (Wildman–Crippen MR) is 85.8 cm³/mol. The highest BCUT2D eigenvalue weighted by Gasteiger charge is 2.29. The lowest BCUT2D eigenvalue weighted by atomic mass is 10.2. The van der Waals surface area contributed by atoms with E-state index in [1.54, 1.807) is 0 Å². The maximum absolute atomic E-state index is 13.2. The molecule has 0 spiro atoms. The molecule has 26 heavy (non-hydrogen) atoms. The first-order chi connectivity index (χ1) is 12.5. The van der Waals surface area contributed by atoms with Crippen molar-refractivity contribution in [3.8, 4) is 0 Å². The smallest absolute Gasteiger partial charge is 0.281 e.